The highest BCUT2D eigenvalue weighted by Gasteiger charge is 2.30. The number of carbonyl (C=O) groups is 2. The fraction of sp³-hybridized carbons (Fsp3) is 0.333. The number of aryl methyl sites for hydroxylation is 1. The highest BCUT2D eigenvalue weighted by Crippen LogP contribution is 2.35. The summed E-state index contributed by atoms with van der Waals surface area (Å²) in [5.41, 5.74) is 8.59. The van der Waals surface area contributed by atoms with Gasteiger partial charge in [0.25, 0.3) is 5.91 Å². The lowest BCUT2D eigenvalue weighted by Gasteiger charge is -2.28. The van der Waals surface area contributed by atoms with Gasteiger partial charge in [-0.2, -0.15) is 0 Å². The van der Waals surface area contributed by atoms with Gasteiger partial charge >= 0.3 is 5.69 Å². The molecule has 1 aliphatic carbocycles. The number of H-pyrrole nitrogens is 1. The van der Waals surface area contributed by atoms with E-state index in [4.69, 9.17) is 10.5 Å². The smallest absolute Gasteiger partial charge is 0.329 e. The van der Waals surface area contributed by atoms with Gasteiger partial charge in [0, 0.05) is 36.1 Å². The van der Waals surface area contributed by atoms with Crippen molar-refractivity contribution in [1.82, 2.24) is 19.1 Å². The van der Waals surface area contributed by atoms with Crippen molar-refractivity contribution < 1.29 is 14.3 Å². The Balaban J connectivity index is 1.39. The second kappa shape index (κ2) is 9.96. The molecule has 4 aromatic rings. The molecular weight excluding hydrogens is 472 g/mol. The molecule has 2 aromatic carbocycles. The number of benzene rings is 2. The molecule has 1 saturated carbocycles. The molecule has 5 rings (SSSR count). The van der Waals surface area contributed by atoms with Crippen LogP contribution in [0.3, 0.4) is 0 Å². The van der Waals surface area contributed by atoms with Crippen molar-refractivity contribution >= 4 is 28.5 Å². The highest BCUT2D eigenvalue weighted by atomic mass is 16.5. The number of carbonyl (C=O) groups excluding carboxylic acids is 2. The van der Waals surface area contributed by atoms with E-state index < -0.39 is 5.91 Å². The van der Waals surface area contributed by atoms with Gasteiger partial charge in [-0.25, -0.2) is 9.78 Å². The van der Waals surface area contributed by atoms with Crippen molar-refractivity contribution in [1.29, 1.82) is 0 Å². The third-order valence-corrected chi connectivity index (χ3v) is 7.22. The van der Waals surface area contributed by atoms with Gasteiger partial charge in [-0.3, -0.25) is 18.7 Å². The van der Waals surface area contributed by atoms with Crippen LogP contribution in [-0.2, 0) is 11.3 Å². The standard InChI is InChI=1S/C27H30N6O4/c1-16-6-9-18(14-22(16)37-2)31-26(35)17-7-10-19(11-8-17)33-21-5-3-4-20(25(28)34)24(21)32(27(33)36)15-23-29-12-13-30-23/h3-6,9,12-14,17,19H,7-8,10-11,15H2,1-2H3,(H2,28,34)(H,29,30)(H,31,35)/t17-,19+. The zero-order valence-electron chi connectivity index (χ0n) is 20.9. The Labute approximate surface area is 213 Å². The Bertz CT molecular complexity index is 1510. The molecule has 0 aliphatic heterocycles. The molecule has 2 aromatic heterocycles. The average molecular weight is 503 g/mol. The second-order valence-electron chi connectivity index (χ2n) is 9.49. The van der Waals surface area contributed by atoms with Crippen LogP contribution in [0.25, 0.3) is 11.0 Å². The van der Waals surface area contributed by atoms with Crippen LogP contribution >= 0.6 is 0 Å². The number of aromatic nitrogens is 4. The summed E-state index contributed by atoms with van der Waals surface area (Å²) in [6.45, 7) is 2.14. The molecule has 2 heterocycles. The molecule has 10 nitrogen and oxygen atoms in total. The number of aromatic amines is 1. The Morgan fingerprint density at radius 1 is 1.19 bits per heavy atom. The van der Waals surface area contributed by atoms with Crippen LogP contribution in [0.5, 0.6) is 5.75 Å². The Morgan fingerprint density at radius 3 is 2.65 bits per heavy atom. The van der Waals surface area contributed by atoms with Crippen LogP contribution in [0.4, 0.5) is 5.69 Å². The lowest BCUT2D eigenvalue weighted by molar-refractivity contribution is -0.121. The molecule has 1 aliphatic rings. The maximum atomic E-state index is 13.7. The van der Waals surface area contributed by atoms with E-state index in [1.807, 2.05) is 31.2 Å². The number of methoxy groups -OCH3 is 1. The first kappa shape index (κ1) is 24.4. The molecule has 1 fully saturated rings. The predicted octanol–water partition coefficient (Wildman–Crippen LogP) is 3.36. The Hall–Kier alpha value is -4.34. The molecular formula is C27H30N6O4. The normalized spacial score (nSPS) is 17.6. The van der Waals surface area contributed by atoms with Crippen molar-refractivity contribution in [3.05, 3.63) is 76.2 Å². The summed E-state index contributed by atoms with van der Waals surface area (Å²) in [5, 5.41) is 3.00. The predicted molar refractivity (Wildman–Crippen MR) is 140 cm³/mol. The summed E-state index contributed by atoms with van der Waals surface area (Å²) in [6.07, 6.45) is 5.92. The molecule has 0 spiro atoms. The van der Waals surface area contributed by atoms with Crippen molar-refractivity contribution in [3.8, 4) is 5.75 Å². The minimum absolute atomic E-state index is 0.0343. The third kappa shape index (κ3) is 4.62. The summed E-state index contributed by atoms with van der Waals surface area (Å²) in [5.74, 6) is 0.546. The zero-order valence-corrected chi connectivity index (χ0v) is 20.9. The molecule has 0 unspecified atom stereocenters. The molecule has 0 bridgehead atoms. The fourth-order valence-corrected chi connectivity index (χ4v) is 5.31. The van der Waals surface area contributed by atoms with Crippen LogP contribution in [0, 0.1) is 12.8 Å². The van der Waals surface area contributed by atoms with E-state index in [1.165, 1.54) is 0 Å². The summed E-state index contributed by atoms with van der Waals surface area (Å²) in [6, 6.07) is 10.7. The number of nitrogens with two attached hydrogens (primary N) is 1. The summed E-state index contributed by atoms with van der Waals surface area (Å²) in [4.78, 5) is 46.1. The van der Waals surface area contributed by atoms with Gasteiger partial charge in [-0.1, -0.05) is 12.1 Å². The van der Waals surface area contributed by atoms with Crippen molar-refractivity contribution in [2.45, 2.75) is 45.2 Å². The van der Waals surface area contributed by atoms with Crippen LogP contribution in [0.1, 0.15) is 53.5 Å². The highest BCUT2D eigenvalue weighted by molar-refractivity contribution is 6.04. The monoisotopic (exact) mass is 502 g/mol. The molecule has 2 amide bonds. The Morgan fingerprint density at radius 2 is 1.97 bits per heavy atom. The van der Waals surface area contributed by atoms with Crippen molar-refractivity contribution in [3.63, 3.8) is 0 Å². The van der Waals surface area contributed by atoms with Gasteiger partial charge in [0.2, 0.25) is 5.91 Å². The summed E-state index contributed by atoms with van der Waals surface area (Å²) < 4.78 is 8.67. The number of nitrogens with zero attached hydrogens (tertiary/aromatic N) is 3. The lowest BCUT2D eigenvalue weighted by Crippen LogP contribution is -2.33. The minimum atomic E-state index is -0.593. The largest absolute Gasteiger partial charge is 0.496 e. The first-order valence-corrected chi connectivity index (χ1v) is 12.3. The minimum Gasteiger partial charge on any atom is -0.496 e. The first-order valence-electron chi connectivity index (χ1n) is 12.3. The first-order chi connectivity index (χ1) is 17.9. The number of anilines is 1. The van der Waals surface area contributed by atoms with Gasteiger partial charge in [-0.05, 0) is 56.4 Å². The van der Waals surface area contributed by atoms with E-state index in [0.717, 1.165) is 11.3 Å². The van der Waals surface area contributed by atoms with Gasteiger partial charge in [0.05, 0.1) is 30.3 Å². The van der Waals surface area contributed by atoms with Crippen LogP contribution in [0.15, 0.2) is 53.6 Å². The van der Waals surface area contributed by atoms with Crippen molar-refractivity contribution in [2.75, 3.05) is 12.4 Å². The van der Waals surface area contributed by atoms with E-state index in [0.29, 0.717) is 53.8 Å². The fourth-order valence-electron chi connectivity index (χ4n) is 5.31. The topological polar surface area (TPSA) is 137 Å². The number of nitrogens with one attached hydrogen (secondary N) is 2. The maximum absolute atomic E-state index is 13.7. The number of ether oxygens (including phenoxy) is 1. The number of primary amides is 1. The molecule has 0 saturated heterocycles. The maximum Gasteiger partial charge on any atom is 0.329 e. The molecule has 192 valence electrons. The van der Waals surface area contributed by atoms with E-state index >= 15 is 0 Å². The second-order valence-corrected chi connectivity index (χ2v) is 9.49. The van der Waals surface area contributed by atoms with Gasteiger partial charge < -0.3 is 20.8 Å². The molecule has 10 heteroatoms. The molecule has 37 heavy (non-hydrogen) atoms. The lowest BCUT2D eigenvalue weighted by atomic mass is 9.85. The number of para-hydroxylation sites is 1. The molecule has 0 radical (unpaired) electrons. The quantitative estimate of drug-likeness (QED) is 0.356. The number of hydrogen-bond donors (Lipinski definition) is 3. The summed E-state index contributed by atoms with van der Waals surface area (Å²) >= 11 is 0. The van der Waals surface area contributed by atoms with E-state index in [9.17, 15) is 14.4 Å². The third-order valence-electron chi connectivity index (χ3n) is 7.22. The van der Waals surface area contributed by atoms with Crippen LogP contribution in [-0.4, -0.2) is 38.0 Å². The number of hydrogen-bond acceptors (Lipinski definition) is 5. The van der Waals surface area contributed by atoms with E-state index in [-0.39, 0.29) is 30.1 Å². The van der Waals surface area contributed by atoms with Gasteiger partial charge in [0.1, 0.15) is 11.6 Å². The van der Waals surface area contributed by atoms with Crippen LogP contribution < -0.4 is 21.5 Å². The van der Waals surface area contributed by atoms with E-state index in [2.05, 4.69) is 15.3 Å². The number of amides is 2. The number of fused-ring (bicyclic) bond motifs is 1. The van der Waals surface area contributed by atoms with Crippen LogP contribution in [0.2, 0.25) is 0 Å². The zero-order chi connectivity index (χ0) is 26.1. The van der Waals surface area contributed by atoms with E-state index in [1.54, 1.807) is 40.8 Å². The molecule has 4 N–H and O–H groups in total. The van der Waals surface area contributed by atoms with Gasteiger partial charge in [-0.15, -0.1) is 0 Å². The molecule has 0 atom stereocenters. The summed E-state index contributed by atoms with van der Waals surface area (Å²) in [7, 11) is 1.61. The van der Waals surface area contributed by atoms with Crippen molar-refractivity contribution in [2.24, 2.45) is 11.7 Å². The average Bonchev–Trinajstić information content (AvgIpc) is 3.51. The SMILES string of the molecule is COc1cc(NC(=O)[C@H]2CC[C@@H](n3c(=O)n(Cc4ncc[nH]4)c4c(C(N)=O)cccc43)CC2)ccc1C. The Kier molecular flexibility index (Phi) is 6.56. The van der Waals surface area contributed by atoms with Gasteiger partial charge in [0.15, 0.2) is 0 Å². The number of imidazole rings is 2. The number of rotatable bonds is 7.